The first-order valence-corrected chi connectivity index (χ1v) is 7.00. The molecule has 3 rings (SSSR count). The molecule has 8 nitrogen and oxygen atoms in total. The molecule has 1 aliphatic heterocycles. The molecule has 1 unspecified atom stereocenters. The molecule has 0 radical (unpaired) electrons. The zero-order valence-corrected chi connectivity index (χ0v) is 13.7. The van der Waals surface area contributed by atoms with Crippen LogP contribution in [0.25, 0.3) is 11.1 Å². The number of hydrogen-bond donors (Lipinski definition) is 4. The van der Waals surface area contributed by atoms with Crippen molar-refractivity contribution in [1.82, 2.24) is 27.0 Å². The molecule has 0 aliphatic carbocycles. The first-order chi connectivity index (χ1) is 10.5. The molecular weight excluding hydrogens is 341 g/mol. The van der Waals surface area contributed by atoms with Crippen molar-refractivity contribution in [3.8, 4) is 17.1 Å². The number of halogens is 2. The molecule has 1 aromatic carbocycles. The Balaban J connectivity index is 0.00000192. The van der Waals surface area contributed by atoms with Crippen molar-refractivity contribution in [3.63, 3.8) is 0 Å². The average molecular weight is 356 g/mol. The van der Waals surface area contributed by atoms with Gasteiger partial charge in [-0.2, -0.15) is 5.43 Å². The van der Waals surface area contributed by atoms with Crippen LogP contribution in [0.3, 0.4) is 0 Å². The van der Waals surface area contributed by atoms with E-state index in [1.807, 2.05) is 0 Å². The van der Waals surface area contributed by atoms with Gasteiger partial charge in [-0.05, 0) is 12.1 Å². The summed E-state index contributed by atoms with van der Waals surface area (Å²) in [6.07, 6.45) is 4.64. The number of nitrogens with zero attached hydrogens (tertiary/aromatic N) is 3. The van der Waals surface area contributed by atoms with Gasteiger partial charge in [-0.15, -0.1) is 0 Å². The first-order valence-electron chi connectivity index (χ1n) is 6.25. The summed E-state index contributed by atoms with van der Waals surface area (Å²) in [4.78, 5) is 12.2. The topological polar surface area (TPSA) is 132 Å². The Morgan fingerprint density at radius 2 is 1.78 bits per heavy atom. The van der Waals surface area contributed by atoms with Crippen LogP contribution in [0.5, 0.6) is 6.01 Å². The summed E-state index contributed by atoms with van der Waals surface area (Å²) in [5, 5.41) is 0.843. The summed E-state index contributed by atoms with van der Waals surface area (Å²) in [7, 11) is 1.49. The second-order valence-electron chi connectivity index (χ2n) is 4.57. The van der Waals surface area contributed by atoms with E-state index in [1.165, 1.54) is 13.4 Å². The number of rotatable bonds is 3. The summed E-state index contributed by atoms with van der Waals surface area (Å²) >= 11 is 12.7. The minimum atomic E-state index is -1.11. The maximum Gasteiger partial charge on any atom is 0.316 e. The number of aromatic nitrogens is 2. The van der Waals surface area contributed by atoms with E-state index in [2.05, 4.69) is 25.8 Å². The number of hydrazine groups is 1. The number of methoxy groups -OCH3 is 1. The third kappa shape index (κ3) is 3.21. The number of nitrogens with one attached hydrogen (secondary N) is 2. The SMILES string of the molecule is COc1ncc(-c2c(Cl)cc(C3(N)N=CNN3)cc2Cl)cn1.N. The molecule has 23 heavy (non-hydrogen) atoms. The summed E-state index contributed by atoms with van der Waals surface area (Å²) in [6.45, 7) is 0. The van der Waals surface area contributed by atoms with Crippen LogP contribution in [-0.4, -0.2) is 23.4 Å². The van der Waals surface area contributed by atoms with Crippen molar-refractivity contribution in [2.75, 3.05) is 7.11 Å². The summed E-state index contributed by atoms with van der Waals surface area (Å²) in [5.74, 6) is -1.11. The molecule has 10 heteroatoms. The van der Waals surface area contributed by atoms with E-state index in [0.29, 0.717) is 26.7 Å². The van der Waals surface area contributed by atoms with E-state index >= 15 is 0 Å². The predicted octanol–water partition coefficient (Wildman–Crippen LogP) is 1.83. The van der Waals surface area contributed by atoms with Gasteiger partial charge in [0, 0.05) is 29.1 Å². The standard InChI is InChI=1S/C13H12Cl2N6O.H3N/c1-22-12-17-4-7(5-18-12)11-9(14)2-8(3-10(11)15)13(16)19-6-20-21-13;/h2-6,21H,16H2,1H3,(H,19,20);1H3. The lowest BCUT2D eigenvalue weighted by Gasteiger charge is -2.22. The molecule has 1 aliphatic rings. The van der Waals surface area contributed by atoms with Crippen LogP contribution in [0, 0.1) is 0 Å². The monoisotopic (exact) mass is 355 g/mol. The lowest BCUT2D eigenvalue weighted by Crippen LogP contribution is -2.49. The quantitative estimate of drug-likeness (QED) is 0.659. The number of benzene rings is 1. The molecular formula is C13H15Cl2N7O. The van der Waals surface area contributed by atoms with E-state index in [0.717, 1.165) is 0 Å². The molecule has 1 aromatic heterocycles. The van der Waals surface area contributed by atoms with Crippen LogP contribution in [-0.2, 0) is 5.79 Å². The number of ether oxygens (including phenoxy) is 1. The lowest BCUT2D eigenvalue weighted by molar-refractivity contribution is 0.375. The smallest absolute Gasteiger partial charge is 0.316 e. The van der Waals surface area contributed by atoms with Crippen molar-refractivity contribution in [3.05, 3.63) is 40.1 Å². The van der Waals surface area contributed by atoms with Crippen LogP contribution in [0.1, 0.15) is 5.56 Å². The van der Waals surface area contributed by atoms with Gasteiger partial charge >= 0.3 is 6.01 Å². The van der Waals surface area contributed by atoms with Crippen LogP contribution in [0.15, 0.2) is 29.5 Å². The number of hydrogen-bond acceptors (Lipinski definition) is 8. The third-order valence-electron chi connectivity index (χ3n) is 3.18. The van der Waals surface area contributed by atoms with Gasteiger partial charge in [0.15, 0.2) is 0 Å². The minimum absolute atomic E-state index is 0. The second-order valence-corrected chi connectivity index (χ2v) is 5.38. The van der Waals surface area contributed by atoms with E-state index in [-0.39, 0.29) is 12.2 Å². The van der Waals surface area contributed by atoms with Gasteiger partial charge in [-0.1, -0.05) is 23.2 Å². The Morgan fingerprint density at radius 3 is 2.26 bits per heavy atom. The van der Waals surface area contributed by atoms with E-state index in [9.17, 15) is 0 Å². The average Bonchev–Trinajstić information content (AvgIpc) is 2.95. The van der Waals surface area contributed by atoms with E-state index < -0.39 is 5.79 Å². The number of nitrogens with two attached hydrogens (primary N) is 1. The van der Waals surface area contributed by atoms with Crippen LogP contribution in [0.4, 0.5) is 0 Å². The minimum Gasteiger partial charge on any atom is -0.467 e. The summed E-state index contributed by atoms with van der Waals surface area (Å²) in [5.41, 5.74) is 13.6. The fourth-order valence-corrected chi connectivity index (χ4v) is 2.78. The van der Waals surface area contributed by atoms with E-state index in [1.54, 1.807) is 24.5 Å². The zero-order valence-electron chi connectivity index (χ0n) is 12.2. The van der Waals surface area contributed by atoms with Gasteiger partial charge in [-0.3, -0.25) is 5.73 Å². The Bertz CT molecular complexity index is 715. The zero-order chi connectivity index (χ0) is 15.7. The fraction of sp³-hybridized carbons (Fsp3) is 0.154. The molecule has 0 saturated carbocycles. The van der Waals surface area contributed by atoms with Gasteiger partial charge in [0.2, 0.25) is 5.79 Å². The molecule has 0 bridgehead atoms. The molecule has 122 valence electrons. The molecule has 0 spiro atoms. The van der Waals surface area contributed by atoms with Gasteiger partial charge < -0.3 is 16.3 Å². The molecule has 0 amide bonds. The maximum atomic E-state index is 6.36. The largest absolute Gasteiger partial charge is 0.467 e. The predicted molar refractivity (Wildman–Crippen MR) is 89.7 cm³/mol. The van der Waals surface area contributed by atoms with Gasteiger partial charge in [0.25, 0.3) is 0 Å². The second kappa shape index (κ2) is 6.65. The Kier molecular flexibility index (Phi) is 5.03. The van der Waals surface area contributed by atoms with Gasteiger partial charge in [-0.25, -0.2) is 15.0 Å². The van der Waals surface area contributed by atoms with Crippen molar-refractivity contribution in [1.29, 1.82) is 0 Å². The van der Waals surface area contributed by atoms with Crippen LogP contribution < -0.4 is 27.5 Å². The van der Waals surface area contributed by atoms with Crippen molar-refractivity contribution in [2.45, 2.75) is 5.79 Å². The summed E-state index contributed by atoms with van der Waals surface area (Å²) < 4.78 is 4.93. The first kappa shape index (κ1) is 17.4. The van der Waals surface area contributed by atoms with Crippen LogP contribution in [0.2, 0.25) is 10.0 Å². The molecule has 1 atom stereocenters. The van der Waals surface area contributed by atoms with Crippen molar-refractivity contribution in [2.24, 2.45) is 10.7 Å². The fourth-order valence-electron chi connectivity index (χ4n) is 2.08. The Hall–Kier alpha value is -1.97. The van der Waals surface area contributed by atoms with Crippen LogP contribution >= 0.6 is 23.2 Å². The molecule has 7 N–H and O–H groups in total. The Labute approximate surface area is 142 Å². The lowest BCUT2D eigenvalue weighted by atomic mass is 10.0. The highest BCUT2D eigenvalue weighted by Crippen LogP contribution is 2.37. The highest BCUT2D eigenvalue weighted by atomic mass is 35.5. The highest BCUT2D eigenvalue weighted by Gasteiger charge is 2.30. The van der Waals surface area contributed by atoms with Crippen molar-refractivity contribution >= 4 is 29.5 Å². The molecule has 0 fully saturated rings. The summed E-state index contributed by atoms with van der Waals surface area (Å²) in [6, 6.07) is 3.67. The van der Waals surface area contributed by atoms with E-state index in [4.69, 9.17) is 33.7 Å². The normalized spacial score (nSPS) is 19.1. The molecule has 2 aromatic rings. The molecule has 2 heterocycles. The van der Waals surface area contributed by atoms with Gasteiger partial charge in [0.05, 0.1) is 17.2 Å². The maximum absolute atomic E-state index is 6.36. The highest BCUT2D eigenvalue weighted by molar-refractivity contribution is 6.39. The molecule has 0 saturated heterocycles. The Morgan fingerprint density at radius 1 is 1.17 bits per heavy atom. The number of aliphatic imine (C=N–C) groups is 1. The van der Waals surface area contributed by atoms with Crippen molar-refractivity contribution < 1.29 is 4.74 Å². The van der Waals surface area contributed by atoms with Gasteiger partial charge in [0.1, 0.15) is 6.34 Å². The third-order valence-corrected chi connectivity index (χ3v) is 3.77.